The molecule has 0 radical (unpaired) electrons. The van der Waals surface area contributed by atoms with Gasteiger partial charge in [0.25, 0.3) is 0 Å². The summed E-state index contributed by atoms with van der Waals surface area (Å²) in [6.45, 7) is 5.82. The number of pyridine rings is 1. The van der Waals surface area contributed by atoms with Crippen LogP contribution in [-0.2, 0) is 4.74 Å². The third-order valence-electron chi connectivity index (χ3n) is 3.21. The van der Waals surface area contributed by atoms with Crippen molar-refractivity contribution < 1.29 is 9.84 Å². The van der Waals surface area contributed by atoms with Crippen molar-refractivity contribution in [2.75, 3.05) is 31.2 Å². The molecule has 0 spiro atoms. The fourth-order valence-electron chi connectivity index (χ4n) is 2.37. The largest absolute Gasteiger partial charge is 0.394 e. The van der Waals surface area contributed by atoms with E-state index in [2.05, 4.69) is 9.88 Å². The number of rotatable bonds is 3. The predicted molar refractivity (Wildman–Crippen MR) is 78.6 cm³/mol. The van der Waals surface area contributed by atoms with Crippen molar-refractivity contribution in [1.29, 1.82) is 0 Å². The van der Waals surface area contributed by atoms with Gasteiger partial charge in [0.2, 0.25) is 0 Å². The van der Waals surface area contributed by atoms with Gasteiger partial charge in [-0.15, -0.1) is 0 Å². The zero-order chi connectivity index (χ0) is 14.0. The van der Waals surface area contributed by atoms with Crippen LogP contribution in [0, 0.1) is 13.8 Å². The van der Waals surface area contributed by atoms with Crippen LogP contribution in [0.15, 0.2) is 6.07 Å². The Labute approximate surface area is 118 Å². The van der Waals surface area contributed by atoms with E-state index in [1.54, 1.807) is 0 Å². The number of aliphatic hydroxyl groups is 1. The second-order valence-electron chi connectivity index (χ2n) is 4.76. The van der Waals surface area contributed by atoms with Crippen molar-refractivity contribution >= 4 is 23.0 Å². The highest BCUT2D eigenvalue weighted by Crippen LogP contribution is 2.24. The van der Waals surface area contributed by atoms with Gasteiger partial charge in [0, 0.05) is 18.8 Å². The highest BCUT2D eigenvalue weighted by Gasteiger charge is 2.24. The fraction of sp³-hybridized carbons (Fsp3) is 0.538. The Morgan fingerprint density at radius 1 is 1.63 bits per heavy atom. The SMILES string of the molecule is Cc1cc(C)c(C(N)=S)c(N2CCOC(CO)C2)n1. The fourth-order valence-corrected chi connectivity index (χ4v) is 2.62. The van der Waals surface area contributed by atoms with E-state index in [1.807, 2.05) is 19.9 Å². The molecule has 0 amide bonds. The predicted octanol–water partition coefficient (Wildman–Crippen LogP) is 0.530. The first-order chi connectivity index (χ1) is 9.02. The van der Waals surface area contributed by atoms with E-state index in [1.165, 1.54) is 0 Å². The Morgan fingerprint density at radius 3 is 3.00 bits per heavy atom. The maximum Gasteiger partial charge on any atom is 0.139 e. The van der Waals surface area contributed by atoms with E-state index in [0.717, 1.165) is 29.2 Å². The molecule has 0 bridgehead atoms. The van der Waals surface area contributed by atoms with Crippen LogP contribution >= 0.6 is 12.2 Å². The first-order valence-corrected chi connectivity index (χ1v) is 6.69. The van der Waals surface area contributed by atoms with E-state index in [0.29, 0.717) is 18.1 Å². The molecular formula is C13H19N3O2S. The second-order valence-corrected chi connectivity index (χ2v) is 5.20. The number of aliphatic hydroxyl groups excluding tert-OH is 1. The summed E-state index contributed by atoms with van der Waals surface area (Å²) in [5.74, 6) is 0.798. The Hall–Kier alpha value is -1.24. The Morgan fingerprint density at radius 2 is 2.37 bits per heavy atom. The van der Waals surface area contributed by atoms with Crippen LogP contribution in [-0.4, -0.2) is 47.5 Å². The molecule has 3 N–H and O–H groups in total. The minimum Gasteiger partial charge on any atom is -0.394 e. The number of ether oxygens (including phenoxy) is 1. The third-order valence-corrected chi connectivity index (χ3v) is 3.42. The molecule has 104 valence electrons. The van der Waals surface area contributed by atoms with Gasteiger partial charge in [-0.2, -0.15) is 0 Å². The van der Waals surface area contributed by atoms with Crippen LogP contribution in [0.5, 0.6) is 0 Å². The van der Waals surface area contributed by atoms with Gasteiger partial charge < -0.3 is 20.5 Å². The molecule has 1 unspecified atom stereocenters. The first kappa shape index (κ1) is 14.2. The highest BCUT2D eigenvalue weighted by atomic mass is 32.1. The molecule has 0 aliphatic carbocycles. The van der Waals surface area contributed by atoms with E-state index >= 15 is 0 Å². The van der Waals surface area contributed by atoms with Gasteiger partial charge >= 0.3 is 0 Å². The molecule has 1 atom stereocenters. The zero-order valence-corrected chi connectivity index (χ0v) is 12.0. The third kappa shape index (κ3) is 3.02. The lowest BCUT2D eigenvalue weighted by atomic mass is 10.1. The quantitative estimate of drug-likeness (QED) is 0.788. The molecule has 6 heteroatoms. The smallest absolute Gasteiger partial charge is 0.139 e. The van der Waals surface area contributed by atoms with Gasteiger partial charge in [-0.05, 0) is 25.5 Å². The van der Waals surface area contributed by atoms with E-state index in [4.69, 9.17) is 22.7 Å². The average molecular weight is 281 g/mol. The van der Waals surface area contributed by atoms with Crippen molar-refractivity contribution in [2.24, 2.45) is 5.73 Å². The number of anilines is 1. The molecule has 0 aromatic carbocycles. The summed E-state index contributed by atoms with van der Waals surface area (Å²) < 4.78 is 5.46. The molecule has 1 aliphatic heterocycles. The number of hydrogen-bond acceptors (Lipinski definition) is 5. The minimum atomic E-state index is -0.185. The van der Waals surface area contributed by atoms with Crippen LogP contribution in [0.4, 0.5) is 5.82 Å². The van der Waals surface area contributed by atoms with Crippen molar-refractivity contribution in [1.82, 2.24) is 4.98 Å². The number of hydrogen-bond donors (Lipinski definition) is 2. The van der Waals surface area contributed by atoms with Crippen molar-refractivity contribution in [2.45, 2.75) is 20.0 Å². The Kier molecular flexibility index (Phi) is 4.34. The molecule has 2 rings (SSSR count). The number of thiocarbonyl (C=S) groups is 1. The summed E-state index contributed by atoms with van der Waals surface area (Å²) in [5.41, 5.74) is 8.60. The number of aromatic nitrogens is 1. The van der Waals surface area contributed by atoms with Crippen LogP contribution in [0.3, 0.4) is 0 Å². The van der Waals surface area contributed by atoms with Gasteiger partial charge in [0.15, 0.2) is 0 Å². The second kappa shape index (κ2) is 5.81. The van der Waals surface area contributed by atoms with Crippen molar-refractivity contribution in [3.05, 3.63) is 22.9 Å². The Bertz CT molecular complexity index is 493. The molecular weight excluding hydrogens is 262 g/mol. The molecule has 5 nitrogen and oxygen atoms in total. The summed E-state index contributed by atoms with van der Waals surface area (Å²) in [4.78, 5) is 7.00. The summed E-state index contributed by atoms with van der Waals surface area (Å²) in [6.07, 6.45) is -0.185. The monoisotopic (exact) mass is 281 g/mol. The van der Waals surface area contributed by atoms with Crippen molar-refractivity contribution in [3.63, 3.8) is 0 Å². The van der Waals surface area contributed by atoms with Crippen LogP contribution in [0.1, 0.15) is 16.8 Å². The van der Waals surface area contributed by atoms with E-state index in [9.17, 15) is 5.11 Å². The van der Waals surface area contributed by atoms with Crippen LogP contribution in [0.2, 0.25) is 0 Å². The van der Waals surface area contributed by atoms with E-state index < -0.39 is 0 Å². The van der Waals surface area contributed by atoms with Gasteiger partial charge in [0.1, 0.15) is 10.8 Å². The lowest BCUT2D eigenvalue weighted by Crippen LogP contribution is -2.45. The lowest BCUT2D eigenvalue weighted by Gasteiger charge is -2.34. The van der Waals surface area contributed by atoms with Gasteiger partial charge in [0.05, 0.1) is 24.9 Å². The van der Waals surface area contributed by atoms with E-state index in [-0.39, 0.29) is 12.7 Å². The molecule has 2 heterocycles. The highest BCUT2D eigenvalue weighted by molar-refractivity contribution is 7.80. The Balaban J connectivity index is 2.40. The maximum atomic E-state index is 9.22. The summed E-state index contributed by atoms with van der Waals surface area (Å²) in [6, 6.07) is 1.97. The summed E-state index contributed by atoms with van der Waals surface area (Å²) >= 11 is 5.14. The lowest BCUT2D eigenvalue weighted by molar-refractivity contribution is 0.00334. The zero-order valence-electron chi connectivity index (χ0n) is 11.2. The number of nitrogens with zero attached hydrogens (tertiary/aromatic N) is 2. The van der Waals surface area contributed by atoms with Gasteiger partial charge in [-0.25, -0.2) is 4.98 Å². The number of morpholine rings is 1. The normalized spacial score (nSPS) is 19.5. The molecule has 19 heavy (non-hydrogen) atoms. The van der Waals surface area contributed by atoms with Gasteiger partial charge in [-0.3, -0.25) is 0 Å². The topological polar surface area (TPSA) is 71.6 Å². The summed E-state index contributed by atoms with van der Waals surface area (Å²) in [5, 5.41) is 9.22. The number of nitrogens with two attached hydrogens (primary N) is 1. The molecule has 1 fully saturated rings. The first-order valence-electron chi connectivity index (χ1n) is 6.28. The van der Waals surface area contributed by atoms with Gasteiger partial charge in [-0.1, -0.05) is 12.2 Å². The molecule has 1 aromatic rings. The molecule has 1 saturated heterocycles. The number of aryl methyl sites for hydroxylation is 2. The molecule has 1 aliphatic rings. The van der Waals surface area contributed by atoms with Crippen LogP contribution < -0.4 is 10.6 Å². The van der Waals surface area contributed by atoms with Crippen molar-refractivity contribution in [3.8, 4) is 0 Å². The summed E-state index contributed by atoms with van der Waals surface area (Å²) in [7, 11) is 0. The van der Waals surface area contributed by atoms with Crippen LogP contribution in [0.25, 0.3) is 0 Å². The molecule has 1 aromatic heterocycles. The standard InChI is InChI=1S/C13H19N3O2S/c1-8-5-9(2)15-13(11(8)12(14)19)16-3-4-18-10(6-16)7-17/h5,10,17H,3-4,6-7H2,1-2H3,(H2,14,19). The molecule has 0 saturated carbocycles. The average Bonchev–Trinajstić information content (AvgIpc) is 2.37. The maximum absolute atomic E-state index is 9.22. The minimum absolute atomic E-state index is 0.00367.